The molecule has 2 N–H and O–H groups in total. The van der Waals surface area contributed by atoms with Crippen LogP contribution in [0, 0.1) is 0 Å². The summed E-state index contributed by atoms with van der Waals surface area (Å²) in [6, 6.07) is 8.90. The zero-order valence-corrected chi connectivity index (χ0v) is 12.6. The number of fused-ring (bicyclic) bond motifs is 1. The predicted octanol–water partition coefficient (Wildman–Crippen LogP) is 4.99. The van der Waals surface area contributed by atoms with Gasteiger partial charge in [-0.25, -0.2) is 0 Å². The number of ether oxygens (including phenoxy) is 1. The molecule has 0 saturated heterocycles. The van der Waals surface area contributed by atoms with Gasteiger partial charge in [0.1, 0.15) is 5.75 Å². The highest BCUT2D eigenvalue weighted by Crippen LogP contribution is 2.39. The maximum absolute atomic E-state index is 9.87. The van der Waals surface area contributed by atoms with Crippen molar-refractivity contribution in [1.82, 2.24) is 0 Å². The van der Waals surface area contributed by atoms with E-state index in [9.17, 15) is 10.2 Å². The van der Waals surface area contributed by atoms with Crippen LogP contribution in [0.5, 0.6) is 17.2 Å². The van der Waals surface area contributed by atoms with Gasteiger partial charge in [-0.1, -0.05) is 63.3 Å². The standard InChI is InChI=1S/C18H24O3/c1-2-3-4-5-6-9-12-21-17-13-16(19)18(20)15-11-8-7-10-14(15)17/h7-8,10-11,13,19-20H,2-6,9,12H2,1H3. The van der Waals surface area contributed by atoms with Crippen molar-refractivity contribution < 1.29 is 14.9 Å². The van der Waals surface area contributed by atoms with Gasteiger partial charge < -0.3 is 14.9 Å². The minimum atomic E-state index is -0.133. The molecule has 114 valence electrons. The van der Waals surface area contributed by atoms with E-state index >= 15 is 0 Å². The number of hydrogen-bond donors (Lipinski definition) is 2. The van der Waals surface area contributed by atoms with Crippen molar-refractivity contribution in [2.24, 2.45) is 0 Å². The lowest BCUT2D eigenvalue weighted by Crippen LogP contribution is -1.98. The fraction of sp³-hybridized carbons (Fsp3) is 0.444. The summed E-state index contributed by atoms with van der Waals surface area (Å²) < 4.78 is 5.79. The Hall–Kier alpha value is -1.90. The van der Waals surface area contributed by atoms with E-state index in [0.29, 0.717) is 17.7 Å². The third-order valence-electron chi connectivity index (χ3n) is 3.71. The molecule has 0 saturated carbocycles. The lowest BCUT2D eigenvalue weighted by Gasteiger charge is -2.11. The Morgan fingerprint density at radius 1 is 0.905 bits per heavy atom. The Kier molecular flexibility index (Phi) is 5.73. The van der Waals surface area contributed by atoms with Crippen molar-refractivity contribution >= 4 is 10.8 Å². The molecule has 0 amide bonds. The van der Waals surface area contributed by atoms with Gasteiger partial charge in [-0.05, 0) is 6.42 Å². The molecule has 2 rings (SSSR count). The molecule has 0 aliphatic carbocycles. The van der Waals surface area contributed by atoms with Crippen molar-refractivity contribution in [3.63, 3.8) is 0 Å². The average Bonchev–Trinajstić information content (AvgIpc) is 2.51. The van der Waals surface area contributed by atoms with Gasteiger partial charge in [0, 0.05) is 16.8 Å². The molecule has 0 unspecified atom stereocenters. The fourth-order valence-electron chi connectivity index (χ4n) is 2.50. The second-order valence-corrected chi connectivity index (χ2v) is 5.40. The minimum Gasteiger partial charge on any atom is -0.504 e. The second-order valence-electron chi connectivity index (χ2n) is 5.40. The van der Waals surface area contributed by atoms with Gasteiger partial charge in [-0.3, -0.25) is 0 Å². The van der Waals surface area contributed by atoms with Crippen LogP contribution in [0.3, 0.4) is 0 Å². The molecule has 2 aromatic carbocycles. The summed E-state index contributed by atoms with van der Waals surface area (Å²) in [5.74, 6) is 0.415. The summed E-state index contributed by atoms with van der Waals surface area (Å²) >= 11 is 0. The lowest BCUT2D eigenvalue weighted by molar-refractivity contribution is 0.305. The monoisotopic (exact) mass is 288 g/mol. The van der Waals surface area contributed by atoms with Crippen LogP contribution in [0.2, 0.25) is 0 Å². The number of phenols is 2. The molecule has 0 aliphatic rings. The summed E-state index contributed by atoms with van der Waals surface area (Å²) in [6.45, 7) is 2.85. The van der Waals surface area contributed by atoms with Crippen LogP contribution in [-0.4, -0.2) is 16.8 Å². The first-order valence-electron chi connectivity index (χ1n) is 7.80. The first-order valence-corrected chi connectivity index (χ1v) is 7.80. The second kappa shape index (κ2) is 7.77. The zero-order chi connectivity index (χ0) is 15.1. The van der Waals surface area contributed by atoms with E-state index in [4.69, 9.17) is 4.74 Å². The normalized spacial score (nSPS) is 10.9. The number of aromatic hydroxyl groups is 2. The Bertz CT molecular complexity index is 578. The highest BCUT2D eigenvalue weighted by molar-refractivity contribution is 5.95. The van der Waals surface area contributed by atoms with Crippen molar-refractivity contribution in [2.75, 3.05) is 6.61 Å². The molecular weight excluding hydrogens is 264 g/mol. The van der Waals surface area contributed by atoms with Crippen LogP contribution in [-0.2, 0) is 0 Å². The van der Waals surface area contributed by atoms with E-state index in [1.54, 1.807) is 6.07 Å². The Morgan fingerprint density at radius 3 is 2.33 bits per heavy atom. The van der Waals surface area contributed by atoms with Crippen LogP contribution in [0.4, 0.5) is 0 Å². The molecule has 0 spiro atoms. The average molecular weight is 288 g/mol. The number of rotatable bonds is 8. The number of hydrogen-bond acceptors (Lipinski definition) is 3. The molecule has 0 radical (unpaired) electrons. The van der Waals surface area contributed by atoms with Gasteiger partial charge in [-0.2, -0.15) is 0 Å². The lowest BCUT2D eigenvalue weighted by atomic mass is 10.1. The molecule has 3 nitrogen and oxygen atoms in total. The molecule has 0 atom stereocenters. The topological polar surface area (TPSA) is 49.7 Å². The predicted molar refractivity (Wildman–Crippen MR) is 86.1 cm³/mol. The summed E-state index contributed by atoms with van der Waals surface area (Å²) in [5.41, 5.74) is 0. The molecule has 3 heteroatoms. The molecule has 0 heterocycles. The van der Waals surface area contributed by atoms with Gasteiger partial charge in [0.25, 0.3) is 0 Å². The third kappa shape index (κ3) is 4.03. The maximum atomic E-state index is 9.87. The quantitative estimate of drug-likeness (QED) is 0.531. The van der Waals surface area contributed by atoms with Crippen LogP contribution in [0.25, 0.3) is 10.8 Å². The van der Waals surface area contributed by atoms with Gasteiger partial charge in [0.15, 0.2) is 11.5 Å². The Morgan fingerprint density at radius 2 is 1.57 bits per heavy atom. The summed E-state index contributed by atoms with van der Waals surface area (Å²) in [5, 5.41) is 21.1. The van der Waals surface area contributed by atoms with Crippen LogP contribution in [0.1, 0.15) is 45.4 Å². The SMILES string of the molecule is CCCCCCCCOc1cc(O)c(O)c2ccccc12. The van der Waals surface area contributed by atoms with Crippen molar-refractivity contribution in [3.8, 4) is 17.2 Å². The number of phenolic OH excluding ortho intramolecular Hbond substituents is 2. The summed E-state index contributed by atoms with van der Waals surface area (Å²) in [4.78, 5) is 0. The van der Waals surface area contributed by atoms with Crippen molar-refractivity contribution in [2.45, 2.75) is 45.4 Å². The summed E-state index contributed by atoms with van der Waals surface area (Å²) in [6.07, 6.45) is 7.28. The number of unbranched alkanes of at least 4 members (excludes halogenated alkanes) is 5. The van der Waals surface area contributed by atoms with Crippen molar-refractivity contribution in [1.29, 1.82) is 0 Å². The third-order valence-corrected chi connectivity index (χ3v) is 3.71. The minimum absolute atomic E-state index is 0.0856. The Labute approximate surface area is 126 Å². The van der Waals surface area contributed by atoms with Gasteiger partial charge in [0.05, 0.1) is 6.61 Å². The molecule has 2 aromatic rings. The molecule has 0 bridgehead atoms. The first kappa shape index (κ1) is 15.5. The highest BCUT2D eigenvalue weighted by Gasteiger charge is 2.11. The molecule has 0 fully saturated rings. The molecule has 0 aromatic heterocycles. The maximum Gasteiger partial charge on any atom is 0.165 e. The Balaban J connectivity index is 1.94. The molecular formula is C18H24O3. The van der Waals surface area contributed by atoms with E-state index in [0.717, 1.165) is 11.8 Å². The fourth-order valence-corrected chi connectivity index (χ4v) is 2.50. The smallest absolute Gasteiger partial charge is 0.165 e. The molecule has 21 heavy (non-hydrogen) atoms. The van der Waals surface area contributed by atoms with E-state index in [-0.39, 0.29) is 11.5 Å². The highest BCUT2D eigenvalue weighted by atomic mass is 16.5. The largest absolute Gasteiger partial charge is 0.504 e. The number of benzene rings is 2. The van der Waals surface area contributed by atoms with Crippen LogP contribution < -0.4 is 4.74 Å². The van der Waals surface area contributed by atoms with Crippen LogP contribution in [0.15, 0.2) is 30.3 Å². The molecule has 0 aliphatic heterocycles. The van der Waals surface area contributed by atoms with E-state index in [2.05, 4.69) is 6.92 Å². The van der Waals surface area contributed by atoms with E-state index < -0.39 is 0 Å². The van der Waals surface area contributed by atoms with Gasteiger partial charge in [-0.15, -0.1) is 0 Å². The van der Waals surface area contributed by atoms with Gasteiger partial charge >= 0.3 is 0 Å². The first-order chi connectivity index (χ1) is 10.2. The van der Waals surface area contributed by atoms with Crippen molar-refractivity contribution in [3.05, 3.63) is 30.3 Å². The summed E-state index contributed by atoms with van der Waals surface area (Å²) in [7, 11) is 0. The van der Waals surface area contributed by atoms with E-state index in [1.807, 2.05) is 18.2 Å². The van der Waals surface area contributed by atoms with Crippen LogP contribution >= 0.6 is 0 Å². The van der Waals surface area contributed by atoms with E-state index in [1.165, 1.54) is 38.2 Å². The zero-order valence-electron chi connectivity index (χ0n) is 12.6. The van der Waals surface area contributed by atoms with Gasteiger partial charge in [0.2, 0.25) is 0 Å².